The molecule has 1 N–H and O–H groups in total. The first-order valence-electron chi connectivity index (χ1n) is 7.53. The van der Waals surface area contributed by atoms with Gasteiger partial charge in [-0.1, -0.05) is 0 Å². The van der Waals surface area contributed by atoms with Gasteiger partial charge in [0.15, 0.2) is 6.04 Å². The van der Waals surface area contributed by atoms with Crippen LogP contribution in [0.2, 0.25) is 0 Å². The highest BCUT2D eigenvalue weighted by Gasteiger charge is 2.50. The maximum absolute atomic E-state index is 12.2. The van der Waals surface area contributed by atoms with Gasteiger partial charge in [0.1, 0.15) is 11.1 Å². The fourth-order valence-electron chi connectivity index (χ4n) is 2.78. The van der Waals surface area contributed by atoms with E-state index in [0.717, 1.165) is 5.01 Å². The van der Waals surface area contributed by atoms with Gasteiger partial charge in [-0.3, -0.25) is 14.5 Å². The second kappa shape index (κ2) is 6.36. The first kappa shape index (κ1) is 17.2. The summed E-state index contributed by atoms with van der Waals surface area (Å²) in [6, 6.07) is -0.848. The van der Waals surface area contributed by atoms with Crippen molar-refractivity contribution in [2.24, 2.45) is 5.10 Å². The Labute approximate surface area is 147 Å². The molecule has 25 heavy (non-hydrogen) atoms. The minimum absolute atomic E-state index is 0.0553. The van der Waals surface area contributed by atoms with E-state index in [2.05, 4.69) is 5.10 Å². The van der Waals surface area contributed by atoms with Gasteiger partial charge in [0.25, 0.3) is 5.91 Å². The third-order valence-electron chi connectivity index (χ3n) is 3.89. The van der Waals surface area contributed by atoms with E-state index in [9.17, 15) is 19.2 Å². The van der Waals surface area contributed by atoms with Crippen molar-refractivity contribution in [3.63, 3.8) is 0 Å². The minimum atomic E-state index is -1.16. The number of carbonyl (C=O) groups excluding carboxylic acids is 3. The molecule has 3 aliphatic rings. The zero-order valence-corrected chi connectivity index (χ0v) is 14.3. The summed E-state index contributed by atoms with van der Waals surface area (Å²) in [5.74, 6) is -2.54. The van der Waals surface area contributed by atoms with Crippen molar-refractivity contribution in [1.82, 2.24) is 9.91 Å². The number of esters is 1. The van der Waals surface area contributed by atoms with Gasteiger partial charge in [0.2, 0.25) is 5.91 Å². The molecule has 0 spiro atoms. The van der Waals surface area contributed by atoms with E-state index >= 15 is 0 Å². The van der Waals surface area contributed by atoms with Gasteiger partial charge in [0, 0.05) is 18.8 Å². The van der Waals surface area contributed by atoms with Crippen LogP contribution in [0.1, 0.15) is 20.3 Å². The Balaban J connectivity index is 1.78. The predicted octanol–water partition coefficient (Wildman–Crippen LogP) is 0.294. The first-order valence-corrected chi connectivity index (χ1v) is 8.47. The van der Waals surface area contributed by atoms with E-state index < -0.39 is 35.2 Å². The zero-order valence-electron chi connectivity index (χ0n) is 13.5. The maximum Gasteiger partial charge on any atom is 0.353 e. The number of thioether (sulfide) groups is 1. The topological polar surface area (TPSA) is 117 Å². The van der Waals surface area contributed by atoms with Crippen LogP contribution in [0.15, 0.2) is 27.9 Å². The zero-order chi connectivity index (χ0) is 18.3. The van der Waals surface area contributed by atoms with Crippen LogP contribution in [0, 0.1) is 0 Å². The van der Waals surface area contributed by atoms with Gasteiger partial charge in [-0.05, 0) is 13.0 Å². The molecular weight excluding hydrogens is 350 g/mol. The Morgan fingerprint density at radius 2 is 2.20 bits per heavy atom. The summed E-state index contributed by atoms with van der Waals surface area (Å²) in [5, 5.41) is 15.2. The number of carboxylic acid groups (broad SMARTS) is 1. The molecule has 0 aromatic rings. The summed E-state index contributed by atoms with van der Waals surface area (Å²) >= 11 is 1.21. The highest BCUT2D eigenvalue weighted by molar-refractivity contribution is 8.03. The molecule has 0 bridgehead atoms. The average Bonchev–Trinajstić information content (AvgIpc) is 3.15. The molecule has 1 fully saturated rings. The number of hydrogen-bond donors (Lipinski definition) is 1. The average molecular weight is 365 g/mol. The van der Waals surface area contributed by atoms with Gasteiger partial charge in [0.05, 0.1) is 17.9 Å². The molecule has 0 aromatic carbocycles. The fraction of sp³-hybridized carbons (Fsp3) is 0.400. The van der Waals surface area contributed by atoms with Crippen molar-refractivity contribution in [1.29, 1.82) is 0 Å². The highest BCUT2D eigenvalue weighted by atomic mass is 32.2. The number of nitrogens with zero attached hydrogens (tertiary/aromatic N) is 3. The van der Waals surface area contributed by atoms with Crippen LogP contribution in [0.25, 0.3) is 0 Å². The van der Waals surface area contributed by atoms with Crippen LogP contribution in [-0.4, -0.2) is 62.5 Å². The van der Waals surface area contributed by atoms with Crippen molar-refractivity contribution in [3.05, 3.63) is 22.8 Å². The number of allylic oxidation sites excluding steroid dienone is 1. The summed E-state index contributed by atoms with van der Waals surface area (Å²) in [6.07, 6.45) is 1.66. The maximum atomic E-state index is 12.2. The number of carbonyl (C=O) groups is 4. The third-order valence-corrected chi connectivity index (χ3v) is 4.97. The van der Waals surface area contributed by atoms with Crippen molar-refractivity contribution >= 4 is 41.2 Å². The van der Waals surface area contributed by atoms with E-state index in [1.54, 1.807) is 6.92 Å². The number of hydrazone groups is 1. The molecule has 2 amide bonds. The number of β-lactam (4-membered cyclic amide) rings is 1. The van der Waals surface area contributed by atoms with E-state index in [-0.39, 0.29) is 18.7 Å². The van der Waals surface area contributed by atoms with Crippen molar-refractivity contribution in [2.45, 2.75) is 31.7 Å². The monoisotopic (exact) mass is 365 g/mol. The van der Waals surface area contributed by atoms with Gasteiger partial charge in [-0.2, -0.15) is 5.10 Å². The second-order valence-electron chi connectivity index (χ2n) is 5.50. The molecule has 0 aliphatic carbocycles. The summed E-state index contributed by atoms with van der Waals surface area (Å²) in [6.45, 7) is 3.14. The summed E-state index contributed by atoms with van der Waals surface area (Å²) in [5.41, 5.74) is 0.741. The molecular formula is C15H15N3O6S. The van der Waals surface area contributed by atoms with Crippen LogP contribution in [0.4, 0.5) is 0 Å². The Bertz CT molecular complexity index is 771. The van der Waals surface area contributed by atoms with E-state index in [0.29, 0.717) is 11.3 Å². The van der Waals surface area contributed by atoms with Gasteiger partial charge in [-0.25, -0.2) is 14.6 Å². The predicted molar refractivity (Wildman–Crippen MR) is 87.0 cm³/mol. The lowest BCUT2D eigenvalue weighted by Crippen LogP contribution is -2.51. The summed E-state index contributed by atoms with van der Waals surface area (Å²) in [7, 11) is 0. The number of hydrogen-bond acceptors (Lipinski definition) is 7. The molecule has 0 aromatic heterocycles. The smallest absolute Gasteiger partial charge is 0.353 e. The molecule has 1 saturated heterocycles. The van der Waals surface area contributed by atoms with Crippen molar-refractivity contribution in [2.75, 3.05) is 6.61 Å². The highest BCUT2D eigenvalue weighted by Crippen LogP contribution is 2.44. The number of aliphatic carboxylic acids is 1. The van der Waals surface area contributed by atoms with Crippen molar-refractivity contribution < 1.29 is 29.0 Å². The Kier molecular flexibility index (Phi) is 4.38. The van der Waals surface area contributed by atoms with Crippen LogP contribution in [-0.2, 0) is 23.9 Å². The quantitative estimate of drug-likeness (QED) is 0.432. The largest absolute Gasteiger partial charge is 0.477 e. The summed E-state index contributed by atoms with van der Waals surface area (Å²) in [4.78, 5) is 48.1. The Hall–Kier alpha value is -2.62. The second-order valence-corrected chi connectivity index (χ2v) is 6.45. The molecule has 10 heteroatoms. The van der Waals surface area contributed by atoms with E-state index in [4.69, 9.17) is 9.84 Å². The van der Waals surface area contributed by atoms with Crippen LogP contribution in [0.5, 0.6) is 0 Å². The molecule has 3 aliphatic heterocycles. The number of ether oxygens (including phenoxy) is 1. The lowest BCUT2D eigenvalue weighted by Gasteiger charge is -2.37. The Morgan fingerprint density at radius 3 is 2.80 bits per heavy atom. The molecule has 9 nitrogen and oxygen atoms in total. The van der Waals surface area contributed by atoms with Crippen LogP contribution < -0.4 is 0 Å². The van der Waals surface area contributed by atoms with Crippen LogP contribution >= 0.6 is 11.8 Å². The molecule has 1 unspecified atom stereocenters. The SMILES string of the molecule is CCOC(=O)C1CC(C=C2C(=O)N3C(C(=O)O)=CS[C@H]23)=NN1C(C)=O. The van der Waals surface area contributed by atoms with Crippen LogP contribution in [0.3, 0.4) is 0 Å². The van der Waals surface area contributed by atoms with Gasteiger partial charge < -0.3 is 9.84 Å². The lowest BCUT2D eigenvalue weighted by molar-refractivity contribution is -0.153. The number of rotatable bonds is 4. The molecule has 3 rings (SSSR count). The molecule has 2 atom stereocenters. The summed E-state index contributed by atoms with van der Waals surface area (Å²) < 4.78 is 4.95. The number of amides is 2. The molecule has 132 valence electrons. The van der Waals surface area contributed by atoms with Gasteiger partial charge >= 0.3 is 11.9 Å². The first-order chi connectivity index (χ1) is 11.8. The third kappa shape index (κ3) is 2.82. The molecule has 3 heterocycles. The fourth-order valence-corrected chi connectivity index (χ4v) is 3.90. The standard InChI is InChI=1S/C15H15N3O6S/c1-3-24-15(23)10-5-8(16-18(10)7(2)19)4-9-12(20)17-11(14(21)22)6-25-13(9)17/h4,6,10,13H,3,5H2,1-2H3,(H,21,22)/t10?,13-/m1/s1. The number of fused-ring (bicyclic) bond motifs is 1. The Morgan fingerprint density at radius 1 is 1.48 bits per heavy atom. The lowest BCUT2D eigenvalue weighted by atomic mass is 10.0. The minimum Gasteiger partial charge on any atom is -0.477 e. The van der Waals surface area contributed by atoms with E-state index in [1.165, 1.54) is 35.1 Å². The molecule has 0 radical (unpaired) electrons. The number of carboxylic acids is 1. The van der Waals surface area contributed by atoms with Crippen molar-refractivity contribution in [3.8, 4) is 0 Å². The molecule has 0 saturated carbocycles. The van der Waals surface area contributed by atoms with E-state index in [1.807, 2.05) is 0 Å². The normalized spacial score (nSPS) is 26.2. The van der Waals surface area contributed by atoms with Gasteiger partial charge in [-0.15, -0.1) is 11.8 Å².